The average Bonchev–Trinajstić information content (AvgIpc) is 2.82. The molecule has 2 aliphatic carbocycles. The molecule has 0 bridgehead atoms. The first-order valence-electron chi connectivity index (χ1n) is 6.28. The van der Waals surface area contributed by atoms with Crippen LogP contribution in [0.25, 0.3) is 0 Å². The number of rotatable bonds is 3. The first-order valence-corrected chi connectivity index (χ1v) is 6.28. The van der Waals surface area contributed by atoms with Crippen molar-refractivity contribution in [1.82, 2.24) is 0 Å². The maximum Gasteiger partial charge on any atom is 0.0367 e. The molecule has 1 aromatic carbocycles. The number of anilines is 1. The molecule has 1 aromatic rings. The molecule has 2 N–H and O–H groups in total. The summed E-state index contributed by atoms with van der Waals surface area (Å²) in [5.41, 5.74) is 10.7. The molecule has 0 spiro atoms. The molecule has 0 aromatic heterocycles. The van der Waals surface area contributed by atoms with Crippen molar-refractivity contribution in [1.29, 1.82) is 0 Å². The zero-order valence-electron chi connectivity index (χ0n) is 10.00. The van der Waals surface area contributed by atoms with Gasteiger partial charge in [-0.3, -0.25) is 0 Å². The molecule has 2 aliphatic rings. The highest BCUT2D eigenvalue weighted by Gasteiger charge is 2.39. The van der Waals surface area contributed by atoms with Gasteiger partial charge in [0.2, 0.25) is 0 Å². The first kappa shape index (κ1) is 10.2. The lowest BCUT2D eigenvalue weighted by atomic mass is 10.1. The minimum atomic E-state index is 0.105. The minimum absolute atomic E-state index is 0.105. The Morgan fingerprint density at radius 1 is 1.25 bits per heavy atom. The number of fused-ring (bicyclic) bond motifs is 1. The van der Waals surface area contributed by atoms with E-state index in [1.807, 2.05) is 0 Å². The molecule has 16 heavy (non-hydrogen) atoms. The van der Waals surface area contributed by atoms with Gasteiger partial charge in [-0.15, -0.1) is 0 Å². The van der Waals surface area contributed by atoms with Crippen molar-refractivity contribution in [3.8, 4) is 0 Å². The van der Waals surface area contributed by atoms with Crippen LogP contribution in [0.1, 0.15) is 30.4 Å². The van der Waals surface area contributed by atoms with E-state index in [9.17, 15) is 0 Å². The minimum Gasteiger partial charge on any atom is -0.373 e. The monoisotopic (exact) mass is 216 g/mol. The number of hydrogen-bond acceptors (Lipinski definition) is 2. The van der Waals surface area contributed by atoms with E-state index >= 15 is 0 Å². The fraction of sp³-hybridized carbons (Fsp3) is 0.571. The number of nitrogens with two attached hydrogens (primary N) is 1. The third-order valence-corrected chi connectivity index (χ3v) is 3.97. The molecule has 2 nitrogen and oxygen atoms in total. The van der Waals surface area contributed by atoms with Gasteiger partial charge in [0, 0.05) is 24.8 Å². The van der Waals surface area contributed by atoms with Gasteiger partial charge in [0.15, 0.2) is 0 Å². The molecular formula is C14H20N2. The molecule has 86 valence electrons. The highest BCUT2D eigenvalue weighted by Crippen LogP contribution is 2.34. The largest absolute Gasteiger partial charge is 0.373 e. The zero-order chi connectivity index (χ0) is 11.2. The lowest BCUT2D eigenvalue weighted by Gasteiger charge is -2.23. The summed E-state index contributed by atoms with van der Waals surface area (Å²) in [6, 6.07) is 6.90. The molecule has 0 atom stereocenters. The summed E-state index contributed by atoms with van der Waals surface area (Å²) in [6.07, 6.45) is 6.21. The number of likely N-dealkylation sites (N-methyl/N-ethyl adjacent to an activating group) is 1. The molecule has 0 unspecified atom stereocenters. The van der Waals surface area contributed by atoms with Gasteiger partial charge >= 0.3 is 0 Å². The Balaban J connectivity index is 1.78. The van der Waals surface area contributed by atoms with Crippen LogP contribution in [0, 0.1) is 0 Å². The summed E-state index contributed by atoms with van der Waals surface area (Å²) >= 11 is 0. The van der Waals surface area contributed by atoms with Gasteiger partial charge in [0.1, 0.15) is 0 Å². The second-order valence-electron chi connectivity index (χ2n) is 5.53. The quantitative estimate of drug-likeness (QED) is 0.838. The van der Waals surface area contributed by atoms with Gasteiger partial charge in [-0.1, -0.05) is 6.07 Å². The first-order chi connectivity index (χ1) is 7.66. The van der Waals surface area contributed by atoms with Crippen LogP contribution >= 0.6 is 0 Å². The lowest BCUT2D eigenvalue weighted by Crippen LogP contribution is -2.37. The van der Waals surface area contributed by atoms with Crippen LogP contribution in [0.15, 0.2) is 18.2 Å². The van der Waals surface area contributed by atoms with Crippen molar-refractivity contribution in [3.05, 3.63) is 29.3 Å². The van der Waals surface area contributed by atoms with Crippen molar-refractivity contribution in [2.45, 2.75) is 37.6 Å². The topological polar surface area (TPSA) is 29.3 Å². The molecule has 0 radical (unpaired) electrons. The number of hydrogen-bond donors (Lipinski definition) is 1. The molecular weight excluding hydrogens is 196 g/mol. The Morgan fingerprint density at radius 2 is 2.00 bits per heavy atom. The van der Waals surface area contributed by atoms with Crippen LogP contribution in [-0.2, 0) is 12.8 Å². The Morgan fingerprint density at radius 3 is 2.75 bits per heavy atom. The molecule has 1 fully saturated rings. The average molecular weight is 216 g/mol. The molecule has 2 heteroatoms. The molecule has 0 heterocycles. The van der Waals surface area contributed by atoms with Gasteiger partial charge in [0.05, 0.1) is 0 Å². The third-order valence-electron chi connectivity index (χ3n) is 3.97. The van der Waals surface area contributed by atoms with Crippen molar-refractivity contribution < 1.29 is 0 Å². The number of benzene rings is 1. The van der Waals surface area contributed by atoms with Gasteiger partial charge in [-0.05, 0) is 55.4 Å². The summed E-state index contributed by atoms with van der Waals surface area (Å²) in [7, 11) is 2.16. The van der Waals surface area contributed by atoms with Crippen LogP contribution in [-0.4, -0.2) is 19.1 Å². The Kier molecular flexibility index (Phi) is 2.21. The highest BCUT2D eigenvalue weighted by atomic mass is 15.1. The van der Waals surface area contributed by atoms with E-state index in [1.165, 1.54) is 37.8 Å². The number of nitrogens with zero attached hydrogens (tertiary/aromatic N) is 1. The van der Waals surface area contributed by atoms with Crippen LogP contribution in [0.3, 0.4) is 0 Å². The SMILES string of the molecule is CN(CC1(N)CC1)c1ccc2c(c1)CCC2. The lowest BCUT2D eigenvalue weighted by molar-refractivity contribution is 0.660. The Bertz CT molecular complexity index is 407. The second-order valence-corrected chi connectivity index (χ2v) is 5.53. The molecule has 0 saturated heterocycles. The third kappa shape index (κ3) is 1.82. The zero-order valence-corrected chi connectivity index (χ0v) is 10.00. The standard InChI is InChI=1S/C14H20N2/c1-16(10-14(15)7-8-14)13-6-5-11-3-2-4-12(11)9-13/h5-6,9H,2-4,7-8,10,15H2,1H3. The van der Waals surface area contributed by atoms with E-state index in [1.54, 1.807) is 11.1 Å². The summed E-state index contributed by atoms with van der Waals surface area (Å²) in [5.74, 6) is 0. The van der Waals surface area contributed by atoms with Gasteiger partial charge in [-0.25, -0.2) is 0 Å². The van der Waals surface area contributed by atoms with Crippen LogP contribution in [0.4, 0.5) is 5.69 Å². The van der Waals surface area contributed by atoms with Crippen molar-refractivity contribution >= 4 is 5.69 Å². The smallest absolute Gasteiger partial charge is 0.0367 e. The van der Waals surface area contributed by atoms with E-state index in [4.69, 9.17) is 5.73 Å². The fourth-order valence-electron chi connectivity index (χ4n) is 2.68. The Hall–Kier alpha value is -1.02. The maximum atomic E-state index is 6.16. The van der Waals surface area contributed by atoms with Crippen LogP contribution in [0.2, 0.25) is 0 Å². The maximum absolute atomic E-state index is 6.16. The summed E-state index contributed by atoms with van der Waals surface area (Å²) in [6.45, 7) is 0.992. The number of aryl methyl sites for hydroxylation is 2. The van der Waals surface area contributed by atoms with Crippen LogP contribution < -0.4 is 10.6 Å². The Labute approximate surface area is 97.4 Å². The highest BCUT2D eigenvalue weighted by molar-refractivity contribution is 5.52. The second kappa shape index (κ2) is 3.49. The summed E-state index contributed by atoms with van der Waals surface area (Å²) in [5, 5.41) is 0. The predicted octanol–water partition coefficient (Wildman–Crippen LogP) is 2.10. The molecule has 0 aliphatic heterocycles. The van der Waals surface area contributed by atoms with Crippen LogP contribution in [0.5, 0.6) is 0 Å². The van der Waals surface area contributed by atoms with E-state index < -0.39 is 0 Å². The van der Waals surface area contributed by atoms with Crippen molar-refractivity contribution in [3.63, 3.8) is 0 Å². The van der Waals surface area contributed by atoms with E-state index in [0.29, 0.717) is 0 Å². The summed E-state index contributed by atoms with van der Waals surface area (Å²) in [4.78, 5) is 2.31. The fourth-order valence-corrected chi connectivity index (χ4v) is 2.68. The summed E-state index contributed by atoms with van der Waals surface area (Å²) < 4.78 is 0. The van der Waals surface area contributed by atoms with E-state index in [0.717, 1.165) is 6.54 Å². The van der Waals surface area contributed by atoms with Gasteiger partial charge < -0.3 is 10.6 Å². The molecule has 1 saturated carbocycles. The van der Waals surface area contributed by atoms with Gasteiger partial charge in [0.25, 0.3) is 0 Å². The van der Waals surface area contributed by atoms with Crippen molar-refractivity contribution in [2.75, 3.05) is 18.5 Å². The van der Waals surface area contributed by atoms with Gasteiger partial charge in [-0.2, -0.15) is 0 Å². The molecule has 0 amide bonds. The predicted molar refractivity (Wildman–Crippen MR) is 67.9 cm³/mol. The van der Waals surface area contributed by atoms with E-state index in [2.05, 4.69) is 30.1 Å². The molecule has 3 rings (SSSR count). The van der Waals surface area contributed by atoms with Crippen molar-refractivity contribution in [2.24, 2.45) is 5.73 Å². The normalized spacial score (nSPS) is 20.6. The van der Waals surface area contributed by atoms with E-state index in [-0.39, 0.29) is 5.54 Å².